The van der Waals surface area contributed by atoms with Crippen molar-refractivity contribution in [3.05, 3.63) is 53.6 Å². The van der Waals surface area contributed by atoms with E-state index >= 15 is 0 Å². The lowest BCUT2D eigenvalue weighted by molar-refractivity contribution is -0.150. The zero-order valence-corrected chi connectivity index (χ0v) is 18.8. The Hall–Kier alpha value is -3.11. The molecule has 0 amide bonds. The topological polar surface area (TPSA) is 111 Å². The van der Waals surface area contributed by atoms with E-state index in [1.54, 1.807) is 0 Å². The third kappa shape index (κ3) is 5.38. The molecule has 1 N–H and O–H groups in total. The number of benzene rings is 2. The van der Waals surface area contributed by atoms with E-state index < -0.39 is 22.2 Å². The predicted octanol–water partition coefficient (Wildman–Crippen LogP) is 2.77. The summed E-state index contributed by atoms with van der Waals surface area (Å²) in [6.45, 7) is 0.250. The summed E-state index contributed by atoms with van der Waals surface area (Å²) in [7, 11) is -1.37. The van der Waals surface area contributed by atoms with Gasteiger partial charge in [-0.1, -0.05) is 30.3 Å². The molecule has 1 heterocycles. The van der Waals surface area contributed by atoms with E-state index in [4.69, 9.17) is 14.2 Å². The maximum atomic E-state index is 13.2. The number of hydrogen-bond acceptors (Lipinski definition) is 7. The van der Waals surface area contributed by atoms with Crippen molar-refractivity contribution in [3.63, 3.8) is 0 Å². The molecule has 172 valence electrons. The first-order chi connectivity index (χ1) is 15.4. The number of aldehydes is 1. The van der Waals surface area contributed by atoms with E-state index in [-0.39, 0.29) is 35.9 Å². The van der Waals surface area contributed by atoms with E-state index in [1.807, 2.05) is 30.3 Å². The summed E-state index contributed by atoms with van der Waals surface area (Å²) in [5.74, 6) is -0.269. The second-order valence-corrected chi connectivity index (χ2v) is 8.86. The third-order valence-electron chi connectivity index (χ3n) is 5.17. The van der Waals surface area contributed by atoms with Crippen LogP contribution >= 0.6 is 0 Å². The van der Waals surface area contributed by atoms with Crippen molar-refractivity contribution in [3.8, 4) is 11.5 Å². The highest BCUT2D eigenvalue weighted by atomic mass is 32.2. The molecule has 1 atom stereocenters. The van der Waals surface area contributed by atoms with Crippen molar-refractivity contribution in [1.29, 1.82) is 0 Å². The molecule has 3 rings (SSSR count). The minimum absolute atomic E-state index is 0.0685. The van der Waals surface area contributed by atoms with Gasteiger partial charge in [0.2, 0.25) is 0 Å². The van der Waals surface area contributed by atoms with Crippen LogP contribution in [0.5, 0.6) is 11.5 Å². The highest BCUT2D eigenvalue weighted by molar-refractivity contribution is 7.90. The van der Waals surface area contributed by atoms with Crippen LogP contribution in [0.4, 0.5) is 5.69 Å². The van der Waals surface area contributed by atoms with Gasteiger partial charge in [0.1, 0.15) is 24.1 Å². The predicted molar refractivity (Wildman–Crippen MR) is 118 cm³/mol. The first-order valence-electron chi connectivity index (χ1n) is 10.1. The number of carbonyl (C=O) groups is 2. The van der Waals surface area contributed by atoms with Gasteiger partial charge in [0.05, 0.1) is 25.5 Å². The Kier molecular flexibility index (Phi) is 7.70. The van der Waals surface area contributed by atoms with Crippen molar-refractivity contribution in [2.24, 2.45) is 0 Å². The normalized spacial score (nSPS) is 16.8. The molecule has 9 nitrogen and oxygen atoms in total. The number of esters is 1. The van der Waals surface area contributed by atoms with Gasteiger partial charge in [0, 0.05) is 18.7 Å². The summed E-state index contributed by atoms with van der Waals surface area (Å²) in [6.07, 6.45) is 2.28. The molecule has 1 fully saturated rings. The molecule has 10 heteroatoms. The highest BCUT2D eigenvalue weighted by Gasteiger charge is 2.38. The third-order valence-corrected chi connectivity index (χ3v) is 6.72. The average molecular weight is 463 g/mol. The molecule has 0 spiro atoms. The van der Waals surface area contributed by atoms with E-state index in [0.717, 1.165) is 9.87 Å². The van der Waals surface area contributed by atoms with Crippen LogP contribution in [-0.4, -0.2) is 51.8 Å². The number of ether oxygens (including phenoxy) is 3. The SMILES string of the molecule is COc1cc(NS(=O)(=O)N2CCCCC2C(=O)OCc2ccccc2)cc(OC)c1C=O. The Morgan fingerprint density at radius 3 is 2.38 bits per heavy atom. The van der Waals surface area contributed by atoms with Crippen LogP contribution in [0.15, 0.2) is 42.5 Å². The lowest BCUT2D eigenvalue weighted by Gasteiger charge is -2.33. The number of hydrogen-bond donors (Lipinski definition) is 1. The number of methoxy groups -OCH3 is 2. The standard InChI is InChI=1S/C22H26N2O7S/c1-29-20-12-17(13-21(30-2)18(20)14-25)23-32(27,28)24-11-7-6-10-19(24)22(26)31-15-16-8-4-3-5-9-16/h3-5,8-9,12-14,19,23H,6-7,10-11,15H2,1-2H3. The van der Waals surface area contributed by atoms with E-state index in [2.05, 4.69) is 4.72 Å². The van der Waals surface area contributed by atoms with Gasteiger partial charge in [-0.2, -0.15) is 12.7 Å². The first kappa shape index (κ1) is 23.6. The number of carbonyl (C=O) groups excluding carboxylic acids is 2. The van der Waals surface area contributed by atoms with Crippen LogP contribution in [0.2, 0.25) is 0 Å². The fourth-order valence-electron chi connectivity index (χ4n) is 3.57. The molecule has 2 aromatic carbocycles. The van der Waals surface area contributed by atoms with E-state index in [9.17, 15) is 18.0 Å². The second kappa shape index (κ2) is 10.5. The smallest absolute Gasteiger partial charge is 0.324 e. The van der Waals surface area contributed by atoms with Gasteiger partial charge < -0.3 is 14.2 Å². The Labute approximate surface area is 187 Å². The zero-order valence-electron chi connectivity index (χ0n) is 17.9. The van der Waals surface area contributed by atoms with E-state index in [1.165, 1.54) is 26.4 Å². The Bertz CT molecular complexity index is 1030. The van der Waals surface area contributed by atoms with Crippen LogP contribution in [0.25, 0.3) is 0 Å². The maximum absolute atomic E-state index is 13.2. The monoisotopic (exact) mass is 462 g/mol. The number of rotatable bonds is 9. The molecule has 1 aliphatic rings. The Morgan fingerprint density at radius 1 is 1.12 bits per heavy atom. The molecule has 0 aliphatic carbocycles. The molecule has 0 radical (unpaired) electrons. The number of nitrogens with one attached hydrogen (secondary N) is 1. The van der Waals surface area contributed by atoms with Crippen LogP contribution in [0.1, 0.15) is 35.2 Å². The van der Waals surface area contributed by atoms with Crippen molar-refractivity contribution in [2.45, 2.75) is 31.9 Å². The van der Waals surface area contributed by atoms with Crippen molar-refractivity contribution >= 4 is 28.2 Å². The summed E-state index contributed by atoms with van der Waals surface area (Å²) in [4.78, 5) is 24.1. The fraction of sp³-hybridized carbons (Fsp3) is 0.364. The van der Waals surface area contributed by atoms with Gasteiger partial charge >= 0.3 is 16.2 Å². The molecule has 0 aromatic heterocycles. The molecule has 1 saturated heterocycles. The largest absolute Gasteiger partial charge is 0.496 e. The van der Waals surface area contributed by atoms with Crippen molar-refractivity contribution < 1.29 is 32.2 Å². The van der Waals surface area contributed by atoms with Gasteiger partial charge in [-0.15, -0.1) is 0 Å². The number of piperidine rings is 1. The minimum Gasteiger partial charge on any atom is -0.496 e. The van der Waals surface area contributed by atoms with E-state index in [0.29, 0.717) is 25.5 Å². The van der Waals surface area contributed by atoms with Gasteiger partial charge in [-0.3, -0.25) is 14.3 Å². The van der Waals surface area contributed by atoms with Crippen LogP contribution in [0.3, 0.4) is 0 Å². The molecular weight excluding hydrogens is 436 g/mol. The quantitative estimate of drug-likeness (QED) is 0.451. The Balaban J connectivity index is 1.79. The second-order valence-electron chi connectivity index (χ2n) is 7.24. The lowest BCUT2D eigenvalue weighted by Crippen LogP contribution is -2.50. The molecule has 0 bridgehead atoms. The van der Waals surface area contributed by atoms with Crippen LogP contribution in [-0.2, 0) is 26.3 Å². The fourth-order valence-corrected chi connectivity index (χ4v) is 5.00. The molecule has 32 heavy (non-hydrogen) atoms. The first-order valence-corrected chi connectivity index (χ1v) is 11.5. The molecule has 1 aliphatic heterocycles. The lowest BCUT2D eigenvalue weighted by atomic mass is 10.1. The molecule has 0 saturated carbocycles. The van der Waals surface area contributed by atoms with Gasteiger partial charge in [0.25, 0.3) is 0 Å². The Morgan fingerprint density at radius 2 is 1.78 bits per heavy atom. The molecule has 1 unspecified atom stereocenters. The van der Waals surface area contributed by atoms with Crippen LogP contribution in [0, 0.1) is 0 Å². The van der Waals surface area contributed by atoms with Gasteiger partial charge in [0.15, 0.2) is 6.29 Å². The molecule has 2 aromatic rings. The summed E-state index contributed by atoms with van der Waals surface area (Å²) in [5, 5.41) is 0. The number of anilines is 1. The summed E-state index contributed by atoms with van der Waals surface area (Å²) >= 11 is 0. The van der Waals surface area contributed by atoms with Crippen LogP contribution < -0.4 is 14.2 Å². The zero-order chi connectivity index (χ0) is 23.1. The minimum atomic E-state index is -4.10. The summed E-state index contributed by atoms with van der Waals surface area (Å²) < 4.78 is 45.6. The van der Waals surface area contributed by atoms with Crippen molar-refractivity contribution in [2.75, 3.05) is 25.5 Å². The highest BCUT2D eigenvalue weighted by Crippen LogP contribution is 2.33. The number of nitrogens with zero attached hydrogens (tertiary/aromatic N) is 1. The molecular formula is C22H26N2O7S. The summed E-state index contributed by atoms with van der Waals surface area (Å²) in [6, 6.07) is 11.0. The van der Waals surface area contributed by atoms with Gasteiger partial charge in [-0.25, -0.2) is 0 Å². The average Bonchev–Trinajstić information content (AvgIpc) is 2.82. The summed E-state index contributed by atoms with van der Waals surface area (Å²) in [5.41, 5.74) is 1.13. The van der Waals surface area contributed by atoms with Crippen molar-refractivity contribution in [1.82, 2.24) is 4.31 Å². The maximum Gasteiger partial charge on any atom is 0.324 e. The van der Waals surface area contributed by atoms with Gasteiger partial charge in [-0.05, 0) is 24.8 Å².